The molecule has 10 heteroatoms. The average Bonchev–Trinajstić information content (AvgIpc) is 2.80. The van der Waals surface area contributed by atoms with Crippen molar-refractivity contribution >= 4 is 29.1 Å². The van der Waals surface area contributed by atoms with E-state index in [1.54, 1.807) is 12.1 Å². The molecule has 4 heterocycles. The molecule has 4 rings (SSSR count). The molecule has 2 atom stereocenters. The molecule has 8 nitrogen and oxygen atoms in total. The zero-order valence-electron chi connectivity index (χ0n) is 18.8. The lowest BCUT2D eigenvalue weighted by atomic mass is 9.99. The standard InChI is InChI=1S/C23H29ClFN5O3/c1-23(2)13-32-12-15(33-23)10-28-21-18(25)5-6-19(29-21)16-8-20(27-11-17(16)24)30-22(31)14-4-3-7-26-9-14/h5-6,8,11,14-15,26H,3-4,7,9-10,12-13H2,1-2H3,(H,28,29)(H,27,30,31)/t14-,15?/m1/s1. The van der Waals surface area contributed by atoms with Crippen LogP contribution >= 0.6 is 11.6 Å². The van der Waals surface area contributed by atoms with E-state index >= 15 is 0 Å². The lowest BCUT2D eigenvalue weighted by molar-refractivity contribution is -0.177. The van der Waals surface area contributed by atoms with Crippen LogP contribution < -0.4 is 16.0 Å². The first-order valence-corrected chi connectivity index (χ1v) is 11.5. The summed E-state index contributed by atoms with van der Waals surface area (Å²) in [5.41, 5.74) is 0.616. The molecule has 3 N–H and O–H groups in total. The summed E-state index contributed by atoms with van der Waals surface area (Å²) in [4.78, 5) is 21.2. The Bertz CT molecular complexity index is 1000. The highest BCUT2D eigenvalue weighted by Crippen LogP contribution is 2.30. The number of hydrogen-bond donors (Lipinski definition) is 3. The van der Waals surface area contributed by atoms with Crippen molar-refractivity contribution in [3.8, 4) is 11.3 Å². The molecule has 33 heavy (non-hydrogen) atoms. The molecule has 2 aliphatic rings. The minimum Gasteiger partial charge on any atom is -0.376 e. The number of amides is 1. The van der Waals surface area contributed by atoms with Crippen molar-refractivity contribution in [1.29, 1.82) is 0 Å². The molecule has 0 aliphatic carbocycles. The summed E-state index contributed by atoms with van der Waals surface area (Å²) in [6, 6.07) is 4.53. The molecule has 178 valence electrons. The molecule has 1 unspecified atom stereocenters. The van der Waals surface area contributed by atoms with Gasteiger partial charge < -0.3 is 25.4 Å². The molecule has 2 aromatic rings. The van der Waals surface area contributed by atoms with E-state index in [0.717, 1.165) is 19.4 Å². The van der Waals surface area contributed by atoms with Crippen molar-refractivity contribution < 1.29 is 18.7 Å². The highest BCUT2D eigenvalue weighted by molar-refractivity contribution is 6.33. The number of ether oxygens (including phenoxy) is 2. The lowest BCUT2D eigenvalue weighted by Gasteiger charge is -2.36. The van der Waals surface area contributed by atoms with Gasteiger partial charge in [-0.05, 0) is 51.4 Å². The van der Waals surface area contributed by atoms with E-state index < -0.39 is 11.4 Å². The van der Waals surface area contributed by atoms with Gasteiger partial charge in [-0.1, -0.05) is 11.6 Å². The molecular formula is C23H29ClFN5O3. The van der Waals surface area contributed by atoms with Gasteiger partial charge in [-0.2, -0.15) is 0 Å². The van der Waals surface area contributed by atoms with Gasteiger partial charge in [-0.3, -0.25) is 4.79 Å². The Morgan fingerprint density at radius 1 is 1.39 bits per heavy atom. The Balaban J connectivity index is 1.48. The van der Waals surface area contributed by atoms with Gasteiger partial charge in [0.15, 0.2) is 11.6 Å². The Labute approximate surface area is 197 Å². The summed E-state index contributed by atoms with van der Waals surface area (Å²) in [6.45, 7) is 6.76. The number of nitrogens with zero attached hydrogens (tertiary/aromatic N) is 2. The van der Waals surface area contributed by atoms with Crippen LogP contribution in [0.2, 0.25) is 5.02 Å². The lowest BCUT2D eigenvalue weighted by Crippen LogP contribution is -2.45. The topological polar surface area (TPSA) is 97.4 Å². The summed E-state index contributed by atoms with van der Waals surface area (Å²) in [6.07, 6.45) is 3.03. The monoisotopic (exact) mass is 477 g/mol. The van der Waals surface area contributed by atoms with E-state index in [2.05, 4.69) is 25.9 Å². The first-order chi connectivity index (χ1) is 15.8. The van der Waals surface area contributed by atoms with Crippen LogP contribution in [0.15, 0.2) is 24.4 Å². The third-order valence-corrected chi connectivity index (χ3v) is 5.93. The summed E-state index contributed by atoms with van der Waals surface area (Å²) in [7, 11) is 0. The van der Waals surface area contributed by atoms with Crippen LogP contribution in [0.1, 0.15) is 26.7 Å². The first-order valence-electron chi connectivity index (χ1n) is 11.1. The van der Waals surface area contributed by atoms with Gasteiger partial charge in [-0.15, -0.1) is 0 Å². The predicted molar refractivity (Wildman–Crippen MR) is 125 cm³/mol. The molecule has 0 aromatic carbocycles. The Hall–Kier alpha value is -2.33. The number of rotatable bonds is 6. The van der Waals surface area contributed by atoms with Crippen LogP contribution in [0.4, 0.5) is 16.0 Å². The fraction of sp³-hybridized carbons (Fsp3) is 0.522. The maximum atomic E-state index is 14.4. The molecule has 0 bridgehead atoms. The normalized spacial score (nSPS) is 22.5. The van der Waals surface area contributed by atoms with Crippen molar-refractivity contribution in [2.75, 3.05) is 43.5 Å². The van der Waals surface area contributed by atoms with Crippen LogP contribution in [-0.2, 0) is 14.3 Å². The van der Waals surface area contributed by atoms with Gasteiger partial charge in [0.1, 0.15) is 5.82 Å². The Kier molecular flexibility index (Phi) is 7.43. The van der Waals surface area contributed by atoms with E-state index in [0.29, 0.717) is 48.4 Å². The fourth-order valence-electron chi connectivity index (χ4n) is 3.99. The number of carbonyl (C=O) groups is 1. The fourth-order valence-corrected chi connectivity index (χ4v) is 4.19. The second-order valence-corrected chi connectivity index (χ2v) is 9.41. The molecule has 0 saturated carbocycles. The number of halogens is 2. The van der Waals surface area contributed by atoms with Gasteiger partial charge >= 0.3 is 0 Å². The quantitative estimate of drug-likeness (QED) is 0.586. The van der Waals surface area contributed by atoms with E-state index in [9.17, 15) is 9.18 Å². The summed E-state index contributed by atoms with van der Waals surface area (Å²) in [5, 5.41) is 9.45. The van der Waals surface area contributed by atoms with Crippen LogP contribution in [0, 0.1) is 11.7 Å². The summed E-state index contributed by atoms with van der Waals surface area (Å²) >= 11 is 6.36. The molecule has 1 amide bonds. The molecule has 2 saturated heterocycles. The number of pyridine rings is 2. The second kappa shape index (κ2) is 10.3. The van der Waals surface area contributed by atoms with Gasteiger partial charge in [-0.25, -0.2) is 14.4 Å². The maximum Gasteiger partial charge on any atom is 0.229 e. The van der Waals surface area contributed by atoms with Crippen molar-refractivity contribution in [3.63, 3.8) is 0 Å². The largest absolute Gasteiger partial charge is 0.376 e. The van der Waals surface area contributed by atoms with Gasteiger partial charge in [0.05, 0.1) is 41.6 Å². The van der Waals surface area contributed by atoms with Crippen LogP contribution in [0.25, 0.3) is 11.3 Å². The van der Waals surface area contributed by atoms with Crippen molar-refractivity contribution in [1.82, 2.24) is 15.3 Å². The highest BCUT2D eigenvalue weighted by Gasteiger charge is 2.29. The third-order valence-electron chi connectivity index (χ3n) is 5.63. The Morgan fingerprint density at radius 2 is 2.24 bits per heavy atom. The van der Waals surface area contributed by atoms with Gasteiger partial charge in [0.25, 0.3) is 0 Å². The molecule has 2 aromatic heterocycles. The zero-order chi connectivity index (χ0) is 23.4. The first kappa shape index (κ1) is 23.8. The van der Waals surface area contributed by atoms with E-state index in [1.807, 2.05) is 13.8 Å². The van der Waals surface area contributed by atoms with E-state index in [1.165, 1.54) is 12.3 Å². The number of aromatic nitrogens is 2. The number of carbonyl (C=O) groups excluding carboxylic acids is 1. The van der Waals surface area contributed by atoms with Crippen LogP contribution in [0.5, 0.6) is 0 Å². The number of hydrogen-bond acceptors (Lipinski definition) is 7. The van der Waals surface area contributed by atoms with Crippen LogP contribution in [0.3, 0.4) is 0 Å². The van der Waals surface area contributed by atoms with E-state index in [-0.39, 0.29) is 23.7 Å². The zero-order valence-corrected chi connectivity index (χ0v) is 19.5. The second-order valence-electron chi connectivity index (χ2n) is 9.00. The number of anilines is 2. The Morgan fingerprint density at radius 3 is 3.00 bits per heavy atom. The van der Waals surface area contributed by atoms with Gasteiger partial charge in [0, 0.05) is 24.8 Å². The highest BCUT2D eigenvalue weighted by atomic mass is 35.5. The SMILES string of the molecule is CC1(C)COCC(CNc2nc(-c3cc(NC(=O)[C@@H]4CCCNC4)ncc3Cl)ccc2F)O1. The minimum absolute atomic E-state index is 0.0879. The average molecular weight is 478 g/mol. The van der Waals surface area contributed by atoms with Crippen molar-refractivity contribution in [2.45, 2.75) is 38.4 Å². The molecule has 2 fully saturated rings. The smallest absolute Gasteiger partial charge is 0.229 e. The number of nitrogens with one attached hydrogen (secondary N) is 3. The van der Waals surface area contributed by atoms with Gasteiger partial charge in [0.2, 0.25) is 5.91 Å². The van der Waals surface area contributed by atoms with Crippen molar-refractivity contribution in [3.05, 3.63) is 35.2 Å². The minimum atomic E-state index is -0.488. The molecular weight excluding hydrogens is 449 g/mol. The molecule has 0 radical (unpaired) electrons. The summed E-state index contributed by atoms with van der Waals surface area (Å²) < 4.78 is 26.0. The van der Waals surface area contributed by atoms with Crippen molar-refractivity contribution in [2.24, 2.45) is 5.92 Å². The predicted octanol–water partition coefficient (Wildman–Crippen LogP) is 3.48. The van der Waals surface area contributed by atoms with E-state index in [4.69, 9.17) is 21.1 Å². The molecule has 0 spiro atoms. The maximum absolute atomic E-state index is 14.4. The van der Waals surface area contributed by atoms with Crippen LogP contribution in [-0.4, -0.2) is 60.4 Å². The third kappa shape index (κ3) is 6.17. The summed E-state index contributed by atoms with van der Waals surface area (Å²) in [5.74, 6) is -0.213. The molecule has 2 aliphatic heterocycles. The number of piperidine rings is 1.